The van der Waals surface area contributed by atoms with E-state index in [1.807, 2.05) is 18.2 Å². The zero-order valence-corrected chi connectivity index (χ0v) is 43.3. The number of aliphatic hydroxyl groups is 1. The van der Waals surface area contributed by atoms with Crippen LogP contribution in [0.5, 0.6) is 0 Å². The number of unbranched alkanes of at least 4 members (excludes halogenated alkanes) is 12. The molecule has 5 aromatic rings. The summed E-state index contributed by atoms with van der Waals surface area (Å²) in [5, 5.41) is 20.5. The zero-order chi connectivity index (χ0) is 49.0. The summed E-state index contributed by atoms with van der Waals surface area (Å²) in [6.07, 6.45) is 22.3. The van der Waals surface area contributed by atoms with Crippen LogP contribution in [0.3, 0.4) is 0 Å². The number of aryl methyl sites for hydroxylation is 4. The number of carbonyl (C=O) groups is 1. The van der Waals surface area contributed by atoms with Gasteiger partial charge in [-0.05, 0) is 171 Å². The minimum Gasteiger partial charge on any atom is -0.478 e. The Balaban J connectivity index is 1.69. The van der Waals surface area contributed by atoms with Crippen LogP contribution in [-0.4, -0.2) is 36.1 Å². The fourth-order valence-electron chi connectivity index (χ4n) is 10.9. The lowest BCUT2D eigenvalue weighted by molar-refractivity contribution is 0.0697. The van der Waals surface area contributed by atoms with E-state index < -0.39 is 5.97 Å². The molecule has 2 aliphatic rings. The van der Waals surface area contributed by atoms with Crippen LogP contribution in [0, 0.1) is 13.8 Å². The maximum Gasteiger partial charge on any atom is 0.335 e. The van der Waals surface area contributed by atoms with Crippen molar-refractivity contribution in [2.75, 3.05) is 0 Å². The Bertz CT molecular complexity index is 2830. The standard InChI is InChI=1S/C62H80N4O3/c1-9-13-17-21-28-48-40(5)58-56(45-32-34-46(35-33-45)62(68)69)59-41(6)49(29-22-18-14-10-2)53(64-59)38-55-51(31-24-20-16-12-4)43(8)61(66-55)57(47-27-25-26-44(36-47)39-67)60-42(7)50(30-23-19-15-11-3)54(65-60)37-52(48)63-58/h25-27,32-38,63,66-67H,9-24,28-31,39H2,1-8H3,(H,68,69). The van der Waals surface area contributed by atoms with E-state index in [4.69, 9.17) is 9.97 Å². The molecule has 69 heavy (non-hydrogen) atoms. The second-order valence-electron chi connectivity index (χ2n) is 20.0. The minimum atomic E-state index is -0.935. The number of H-pyrrole nitrogens is 2. The SMILES string of the molecule is CCCCCCC1=C(C)c2nc1cc1[nH]c(c(C)c1CCCCCC)c(-c1ccc(C(=O)O)cc1)c1nc(cc3[nH]c(c(C)c3CCCCCC)c2-c2cccc(CO)c2)C(CCCCCC)=C1C. The van der Waals surface area contributed by atoms with Crippen LogP contribution < -0.4 is 0 Å². The molecule has 8 bridgehead atoms. The number of carboxylic acids is 1. The van der Waals surface area contributed by atoms with Crippen molar-refractivity contribution in [3.63, 3.8) is 0 Å². The van der Waals surface area contributed by atoms with Crippen molar-refractivity contribution in [1.29, 1.82) is 0 Å². The normalized spacial score (nSPS) is 12.8. The van der Waals surface area contributed by atoms with Crippen molar-refractivity contribution in [3.05, 3.63) is 117 Å². The van der Waals surface area contributed by atoms with E-state index in [-0.39, 0.29) is 12.2 Å². The number of allylic oxidation sites excluding steroid dienone is 4. The van der Waals surface area contributed by atoms with E-state index in [1.165, 1.54) is 109 Å². The van der Waals surface area contributed by atoms with E-state index in [0.717, 1.165) is 137 Å². The highest BCUT2D eigenvalue weighted by Gasteiger charge is 2.27. The number of carboxylic acid groups (broad SMARTS) is 1. The van der Waals surface area contributed by atoms with Crippen LogP contribution in [0.1, 0.15) is 218 Å². The first-order valence-electron chi connectivity index (χ1n) is 26.8. The topological polar surface area (TPSA) is 115 Å². The van der Waals surface area contributed by atoms with Crippen molar-refractivity contribution < 1.29 is 15.0 Å². The van der Waals surface area contributed by atoms with Crippen LogP contribution in [0.15, 0.2) is 60.7 Å². The third-order valence-corrected chi connectivity index (χ3v) is 15.0. The van der Waals surface area contributed by atoms with E-state index in [1.54, 1.807) is 12.1 Å². The van der Waals surface area contributed by atoms with Gasteiger partial charge < -0.3 is 20.2 Å². The average molecular weight is 929 g/mol. The van der Waals surface area contributed by atoms with Crippen LogP contribution in [0.25, 0.3) is 66.6 Å². The molecule has 5 heterocycles. The number of hydrogen-bond donors (Lipinski definition) is 4. The molecule has 0 radical (unpaired) electrons. The fraction of sp³-hybridized carbons (Fsp3) is 0.468. The number of hydrogen-bond acceptors (Lipinski definition) is 4. The van der Waals surface area contributed by atoms with Crippen molar-refractivity contribution in [2.24, 2.45) is 0 Å². The van der Waals surface area contributed by atoms with Gasteiger partial charge >= 0.3 is 5.97 Å². The maximum absolute atomic E-state index is 12.2. The van der Waals surface area contributed by atoms with Gasteiger partial charge in [-0.3, -0.25) is 0 Å². The molecule has 0 saturated carbocycles. The molecule has 4 N–H and O–H groups in total. The Morgan fingerprint density at radius 2 is 0.957 bits per heavy atom. The predicted molar refractivity (Wildman–Crippen MR) is 292 cm³/mol. The molecule has 0 saturated heterocycles. The third-order valence-electron chi connectivity index (χ3n) is 15.0. The highest BCUT2D eigenvalue weighted by atomic mass is 16.4. The molecule has 366 valence electrons. The maximum atomic E-state index is 12.2. The average Bonchev–Trinajstić information content (AvgIpc) is 4.03. The molecule has 7 nitrogen and oxygen atoms in total. The lowest BCUT2D eigenvalue weighted by atomic mass is 9.93. The van der Waals surface area contributed by atoms with Crippen LogP contribution in [-0.2, 0) is 19.4 Å². The molecule has 0 atom stereocenters. The van der Waals surface area contributed by atoms with Gasteiger partial charge in [-0.15, -0.1) is 0 Å². The molecule has 2 aliphatic heterocycles. The van der Waals surface area contributed by atoms with Gasteiger partial charge in [0.15, 0.2) is 0 Å². The molecule has 0 aliphatic carbocycles. The number of aliphatic hydroxyl groups excluding tert-OH is 1. The van der Waals surface area contributed by atoms with Gasteiger partial charge in [-0.1, -0.05) is 135 Å². The van der Waals surface area contributed by atoms with Crippen molar-refractivity contribution >= 4 is 50.3 Å². The second kappa shape index (κ2) is 24.3. The molecular weight excluding hydrogens is 849 g/mol. The van der Waals surface area contributed by atoms with Crippen molar-refractivity contribution in [1.82, 2.24) is 19.9 Å². The predicted octanol–water partition coefficient (Wildman–Crippen LogP) is 17.5. The quantitative estimate of drug-likeness (QED) is 0.0460. The number of aromatic amines is 2. The van der Waals surface area contributed by atoms with Gasteiger partial charge in [0.2, 0.25) is 0 Å². The Morgan fingerprint density at radius 1 is 0.522 bits per heavy atom. The van der Waals surface area contributed by atoms with Crippen LogP contribution in [0.4, 0.5) is 0 Å². The summed E-state index contributed by atoms with van der Waals surface area (Å²) in [5.74, 6) is -0.935. The molecular formula is C62H80N4O3. The minimum absolute atomic E-state index is 0.0364. The lowest BCUT2D eigenvalue weighted by Gasteiger charge is -2.10. The highest BCUT2D eigenvalue weighted by Crippen LogP contribution is 2.45. The molecule has 7 rings (SSSR count). The van der Waals surface area contributed by atoms with Gasteiger partial charge in [-0.25, -0.2) is 14.8 Å². The first kappa shape index (κ1) is 51.3. The molecule has 2 aromatic carbocycles. The number of benzene rings is 2. The molecule has 3 aromatic heterocycles. The second-order valence-corrected chi connectivity index (χ2v) is 20.0. The number of nitrogens with one attached hydrogen (secondary N) is 2. The lowest BCUT2D eigenvalue weighted by Crippen LogP contribution is -1.96. The van der Waals surface area contributed by atoms with Gasteiger partial charge in [-0.2, -0.15) is 0 Å². The summed E-state index contributed by atoms with van der Waals surface area (Å²) in [6, 6.07) is 20.5. The Kier molecular flexibility index (Phi) is 18.1. The monoisotopic (exact) mass is 929 g/mol. The van der Waals surface area contributed by atoms with Gasteiger partial charge in [0.1, 0.15) is 0 Å². The number of rotatable bonds is 24. The van der Waals surface area contributed by atoms with Gasteiger partial charge in [0.05, 0.1) is 46.0 Å². The summed E-state index contributed by atoms with van der Waals surface area (Å²) in [4.78, 5) is 31.9. The summed E-state index contributed by atoms with van der Waals surface area (Å²) in [6.45, 7) is 18.1. The molecule has 0 spiro atoms. The van der Waals surface area contributed by atoms with Gasteiger partial charge in [0, 0.05) is 22.2 Å². The summed E-state index contributed by atoms with van der Waals surface area (Å²) in [5.41, 5.74) is 23.4. The first-order valence-corrected chi connectivity index (χ1v) is 26.8. The smallest absolute Gasteiger partial charge is 0.335 e. The van der Waals surface area contributed by atoms with Crippen molar-refractivity contribution in [2.45, 2.75) is 190 Å². The Hall–Kier alpha value is -5.53. The Morgan fingerprint density at radius 3 is 1.38 bits per heavy atom. The highest BCUT2D eigenvalue weighted by molar-refractivity contribution is 6.03. The van der Waals surface area contributed by atoms with E-state index in [9.17, 15) is 15.0 Å². The summed E-state index contributed by atoms with van der Waals surface area (Å²) < 4.78 is 0. The largest absolute Gasteiger partial charge is 0.478 e. The number of aromatic carboxylic acids is 1. The van der Waals surface area contributed by atoms with Crippen LogP contribution in [0.2, 0.25) is 0 Å². The van der Waals surface area contributed by atoms with Crippen LogP contribution >= 0.6 is 0 Å². The zero-order valence-electron chi connectivity index (χ0n) is 43.3. The molecule has 0 amide bonds. The van der Waals surface area contributed by atoms with Gasteiger partial charge in [0.25, 0.3) is 0 Å². The van der Waals surface area contributed by atoms with Crippen molar-refractivity contribution in [3.8, 4) is 22.3 Å². The van der Waals surface area contributed by atoms with E-state index in [0.29, 0.717) is 0 Å². The number of aromatic nitrogens is 4. The van der Waals surface area contributed by atoms with E-state index in [2.05, 4.69) is 95.7 Å². The molecule has 7 heteroatoms. The number of fused-ring (bicyclic) bond motifs is 8. The third kappa shape index (κ3) is 11.6. The summed E-state index contributed by atoms with van der Waals surface area (Å²) in [7, 11) is 0. The summed E-state index contributed by atoms with van der Waals surface area (Å²) >= 11 is 0. The van der Waals surface area contributed by atoms with E-state index >= 15 is 0 Å². The Labute approximate surface area is 413 Å². The molecule has 0 unspecified atom stereocenters. The first-order chi connectivity index (χ1) is 33.5. The molecule has 0 fully saturated rings. The number of nitrogens with zero attached hydrogens (tertiary/aromatic N) is 2. The fourth-order valence-corrected chi connectivity index (χ4v) is 10.9.